The number of aldehydes is 1. The Hall–Kier alpha value is -1.15. The van der Waals surface area contributed by atoms with Crippen LogP contribution in [0.3, 0.4) is 0 Å². The number of likely N-dealkylation sites (N-methyl/N-ethyl adjacent to an activating group) is 1. The van der Waals surface area contributed by atoms with E-state index in [9.17, 15) is 4.79 Å². The normalized spacial score (nSPS) is 12.9. The van der Waals surface area contributed by atoms with E-state index in [1.807, 2.05) is 50.2 Å². The van der Waals surface area contributed by atoms with Crippen LogP contribution in [0.15, 0.2) is 24.3 Å². The van der Waals surface area contributed by atoms with Crippen LogP contribution in [0.25, 0.3) is 0 Å². The second-order valence-electron chi connectivity index (χ2n) is 3.46. The first-order valence-corrected chi connectivity index (χ1v) is 4.33. The van der Waals surface area contributed by atoms with Crippen LogP contribution in [0.1, 0.15) is 17.2 Å². The average molecular weight is 177 g/mol. The fraction of sp³-hybridized carbons (Fsp3) is 0.364. The van der Waals surface area contributed by atoms with Gasteiger partial charge in [0.1, 0.15) is 6.29 Å². The minimum absolute atomic E-state index is 0.125. The third-order valence-electron chi connectivity index (χ3n) is 2.07. The van der Waals surface area contributed by atoms with Crippen LogP contribution in [0, 0.1) is 6.92 Å². The van der Waals surface area contributed by atoms with Gasteiger partial charge in [0, 0.05) is 0 Å². The predicted molar refractivity (Wildman–Crippen MR) is 53.7 cm³/mol. The van der Waals surface area contributed by atoms with Gasteiger partial charge in [0.2, 0.25) is 0 Å². The molecule has 0 aliphatic carbocycles. The first-order chi connectivity index (χ1) is 6.15. The monoisotopic (exact) mass is 177 g/mol. The van der Waals surface area contributed by atoms with Gasteiger partial charge in [0.25, 0.3) is 0 Å². The lowest BCUT2D eigenvalue weighted by Gasteiger charge is -2.18. The van der Waals surface area contributed by atoms with Crippen molar-refractivity contribution in [1.29, 1.82) is 0 Å². The highest BCUT2D eigenvalue weighted by Gasteiger charge is 2.11. The van der Waals surface area contributed by atoms with Crippen molar-refractivity contribution in [1.82, 2.24) is 4.90 Å². The molecule has 13 heavy (non-hydrogen) atoms. The molecule has 1 aromatic carbocycles. The molecule has 70 valence electrons. The number of benzene rings is 1. The molecule has 0 saturated heterocycles. The van der Waals surface area contributed by atoms with E-state index in [0.29, 0.717) is 0 Å². The molecule has 0 fully saturated rings. The lowest BCUT2D eigenvalue weighted by atomic mass is 10.1. The molecule has 1 aromatic rings. The number of nitrogens with zero attached hydrogens (tertiary/aromatic N) is 1. The Labute approximate surface area is 79.2 Å². The van der Waals surface area contributed by atoms with Crippen LogP contribution in [-0.2, 0) is 4.79 Å². The summed E-state index contributed by atoms with van der Waals surface area (Å²) in [7, 11) is 3.81. The molecule has 0 N–H and O–H groups in total. The zero-order chi connectivity index (χ0) is 9.84. The molecule has 0 aliphatic rings. The highest BCUT2D eigenvalue weighted by Crippen LogP contribution is 2.16. The number of rotatable bonds is 3. The van der Waals surface area contributed by atoms with Crippen LogP contribution in [0.2, 0.25) is 0 Å². The Morgan fingerprint density at radius 1 is 1.38 bits per heavy atom. The van der Waals surface area contributed by atoms with Gasteiger partial charge >= 0.3 is 0 Å². The van der Waals surface area contributed by atoms with Gasteiger partial charge in [-0.3, -0.25) is 4.90 Å². The summed E-state index contributed by atoms with van der Waals surface area (Å²) in [5.41, 5.74) is 2.24. The van der Waals surface area contributed by atoms with Crippen LogP contribution in [-0.4, -0.2) is 25.3 Å². The molecule has 0 amide bonds. The van der Waals surface area contributed by atoms with Crippen molar-refractivity contribution < 1.29 is 4.79 Å². The molecule has 0 radical (unpaired) electrons. The molecule has 1 atom stereocenters. The van der Waals surface area contributed by atoms with Crippen LogP contribution < -0.4 is 0 Å². The Balaban J connectivity index is 2.98. The molecule has 0 bridgehead atoms. The zero-order valence-electron chi connectivity index (χ0n) is 8.32. The van der Waals surface area contributed by atoms with E-state index < -0.39 is 0 Å². The van der Waals surface area contributed by atoms with Gasteiger partial charge in [-0.05, 0) is 26.6 Å². The molecule has 1 unspecified atom stereocenters. The van der Waals surface area contributed by atoms with E-state index in [1.54, 1.807) is 0 Å². The number of hydrogen-bond acceptors (Lipinski definition) is 2. The van der Waals surface area contributed by atoms with Gasteiger partial charge < -0.3 is 4.79 Å². The Bertz CT molecular complexity index is 294. The lowest BCUT2D eigenvalue weighted by molar-refractivity contribution is -0.111. The first-order valence-electron chi connectivity index (χ1n) is 4.33. The largest absolute Gasteiger partial charge is 0.301 e. The van der Waals surface area contributed by atoms with Gasteiger partial charge in [0.15, 0.2) is 0 Å². The Kier molecular flexibility index (Phi) is 3.20. The molecule has 0 aromatic heterocycles. The number of carbonyl (C=O) groups excluding carboxylic acids is 1. The molecule has 0 spiro atoms. The van der Waals surface area contributed by atoms with Crippen molar-refractivity contribution in [2.24, 2.45) is 0 Å². The van der Waals surface area contributed by atoms with Crippen LogP contribution in [0.4, 0.5) is 0 Å². The molecule has 0 aliphatic heterocycles. The van der Waals surface area contributed by atoms with Gasteiger partial charge in [-0.1, -0.05) is 29.8 Å². The third kappa shape index (κ3) is 2.39. The fourth-order valence-electron chi connectivity index (χ4n) is 1.35. The minimum atomic E-state index is -0.125. The number of aryl methyl sites for hydroxylation is 1. The maximum absolute atomic E-state index is 10.8. The maximum Gasteiger partial charge on any atom is 0.141 e. The quantitative estimate of drug-likeness (QED) is 0.656. The summed E-state index contributed by atoms with van der Waals surface area (Å²) in [5, 5.41) is 0. The van der Waals surface area contributed by atoms with Gasteiger partial charge in [-0.15, -0.1) is 0 Å². The fourth-order valence-corrected chi connectivity index (χ4v) is 1.35. The first kappa shape index (κ1) is 9.93. The number of carbonyl (C=O) groups is 1. The standard InChI is InChI=1S/C11H15NO/c1-9-5-4-6-10(7-9)11(8-13)12(2)3/h4-8,11H,1-3H3. The molecular weight excluding hydrogens is 162 g/mol. The Morgan fingerprint density at radius 2 is 2.08 bits per heavy atom. The summed E-state index contributed by atoms with van der Waals surface area (Å²) in [6.07, 6.45) is 0.967. The molecule has 0 saturated carbocycles. The van der Waals surface area contributed by atoms with Crippen molar-refractivity contribution in [2.45, 2.75) is 13.0 Å². The molecule has 1 rings (SSSR count). The second-order valence-corrected chi connectivity index (χ2v) is 3.46. The molecular formula is C11H15NO. The molecule has 2 heteroatoms. The topological polar surface area (TPSA) is 20.3 Å². The summed E-state index contributed by atoms with van der Waals surface area (Å²) in [6, 6.07) is 7.90. The number of hydrogen-bond donors (Lipinski definition) is 0. The molecule has 2 nitrogen and oxygen atoms in total. The van der Waals surface area contributed by atoms with E-state index in [0.717, 1.165) is 11.8 Å². The van der Waals surface area contributed by atoms with Crippen molar-refractivity contribution >= 4 is 6.29 Å². The third-order valence-corrected chi connectivity index (χ3v) is 2.07. The Morgan fingerprint density at radius 3 is 2.54 bits per heavy atom. The second kappa shape index (κ2) is 4.19. The lowest BCUT2D eigenvalue weighted by Crippen LogP contribution is -2.20. The summed E-state index contributed by atoms with van der Waals surface area (Å²) in [6.45, 7) is 2.03. The molecule has 0 heterocycles. The van der Waals surface area contributed by atoms with Gasteiger partial charge in [-0.2, -0.15) is 0 Å². The van der Waals surface area contributed by atoms with Crippen LogP contribution in [0.5, 0.6) is 0 Å². The summed E-state index contributed by atoms with van der Waals surface area (Å²) >= 11 is 0. The van der Waals surface area contributed by atoms with Crippen molar-refractivity contribution in [3.63, 3.8) is 0 Å². The zero-order valence-corrected chi connectivity index (χ0v) is 8.32. The summed E-state index contributed by atoms with van der Waals surface area (Å²) in [5.74, 6) is 0. The maximum atomic E-state index is 10.8. The van der Waals surface area contributed by atoms with E-state index in [4.69, 9.17) is 0 Å². The predicted octanol–water partition coefficient (Wildman–Crippen LogP) is 1.80. The summed E-state index contributed by atoms with van der Waals surface area (Å²) in [4.78, 5) is 12.7. The summed E-state index contributed by atoms with van der Waals surface area (Å²) < 4.78 is 0. The highest BCUT2D eigenvalue weighted by molar-refractivity contribution is 5.61. The van der Waals surface area contributed by atoms with Gasteiger partial charge in [0.05, 0.1) is 6.04 Å². The van der Waals surface area contributed by atoms with E-state index in [1.165, 1.54) is 5.56 Å². The van der Waals surface area contributed by atoms with Crippen molar-refractivity contribution in [3.05, 3.63) is 35.4 Å². The smallest absolute Gasteiger partial charge is 0.141 e. The minimum Gasteiger partial charge on any atom is -0.301 e. The van der Waals surface area contributed by atoms with Crippen molar-refractivity contribution in [2.75, 3.05) is 14.1 Å². The van der Waals surface area contributed by atoms with Gasteiger partial charge in [-0.25, -0.2) is 0 Å². The van der Waals surface area contributed by atoms with Crippen LogP contribution >= 0.6 is 0 Å². The van der Waals surface area contributed by atoms with E-state index in [-0.39, 0.29) is 6.04 Å². The van der Waals surface area contributed by atoms with Crippen molar-refractivity contribution in [3.8, 4) is 0 Å². The highest BCUT2D eigenvalue weighted by atomic mass is 16.1. The van der Waals surface area contributed by atoms with E-state index in [2.05, 4.69) is 0 Å². The average Bonchev–Trinajstić information content (AvgIpc) is 2.04. The SMILES string of the molecule is Cc1cccc(C(C=O)N(C)C)c1. The van der Waals surface area contributed by atoms with E-state index >= 15 is 0 Å².